The van der Waals surface area contributed by atoms with Crippen molar-refractivity contribution < 1.29 is 0 Å². The van der Waals surface area contributed by atoms with Crippen LogP contribution in [0.2, 0.25) is 0 Å². The maximum atomic E-state index is 7.62. The zero-order chi connectivity index (χ0) is 30.9. The molecule has 216 valence electrons. The Morgan fingerprint density at radius 3 is 1.59 bits per heavy atom. The number of benzene rings is 7. The van der Waals surface area contributed by atoms with Gasteiger partial charge in [0.25, 0.3) is 0 Å². The molecule has 8 aromatic rings. The van der Waals surface area contributed by atoms with Crippen molar-refractivity contribution in [3.05, 3.63) is 193 Å². The van der Waals surface area contributed by atoms with Gasteiger partial charge in [0.15, 0.2) is 13.8 Å². The van der Waals surface area contributed by atoms with Gasteiger partial charge in [-0.15, -0.1) is 0 Å². The molecule has 0 saturated heterocycles. The van der Waals surface area contributed by atoms with E-state index in [2.05, 4.69) is 179 Å². The molecule has 7 aromatic carbocycles. The fourth-order valence-corrected chi connectivity index (χ4v) is 12.2. The zero-order valence-electron chi connectivity index (χ0n) is 25.2. The Balaban J connectivity index is 1.42. The Labute approximate surface area is 270 Å². The third kappa shape index (κ3) is 4.39. The molecule has 0 saturated carbocycles. The predicted octanol–water partition coefficient (Wildman–Crippen LogP) is 8.38. The van der Waals surface area contributed by atoms with E-state index in [0.717, 1.165) is 5.69 Å². The molecule has 3 heteroatoms. The van der Waals surface area contributed by atoms with Gasteiger partial charge in [-0.3, -0.25) is 0 Å². The highest BCUT2D eigenvalue weighted by atomic mass is 28.3. The third-order valence-electron chi connectivity index (χ3n) is 9.17. The lowest BCUT2D eigenvalue weighted by Gasteiger charge is -2.36. The zero-order valence-corrected chi connectivity index (χ0v) is 26.2. The lowest BCUT2D eigenvalue weighted by atomic mass is 10.0. The summed E-state index contributed by atoms with van der Waals surface area (Å²) in [6.07, 6.45) is 0. The molecule has 1 aromatic heterocycles. The SMILES string of the molecule is [C-]#[N+]c1ccc([Si](c2ccccc2)(c2ccccc2)c2ccccc2-c2cccc(-n3c4ccccc4c4ccccc43)c2)cc1. The second-order valence-electron chi connectivity index (χ2n) is 11.6. The molecule has 0 atom stereocenters. The van der Waals surface area contributed by atoms with Crippen molar-refractivity contribution in [3.8, 4) is 16.8 Å². The largest absolute Gasteiger partial charge is 0.309 e. The highest BCUT2D eigenvalue weighted by molar-refractivity contribution is 7.20. The van der Waals surface area contributed by atoms with Gasteiger partial charge in [-0.1, -0.05) is 158 Å². The Kier molecular flexibility index (Phi) is 6.91. The van der Waals surface area contributed by atoms with E-state index in [1.165, 1.54) is 53.7 Å². The van der Waals surface area contributed by atoms with Crippen LogP contribution in [0.5, 0.6) is 0 Å². The average molecular weight is 603 g/mol. The predicted molar refractivity (Wildman–Crippen MR) is 196 cm³/mol. The molecule has 0 fully saturated rings. The van der Waals surface area contributed by atoms with Crippen molar-refractivity contribution in [1.82, 2.24) is 4.57 Å². The van der Waals surface area contributed by atoms with E-state index in [1.54, 1.807) is 0 Å². The van der Waals surface area contributed by atoms with Crippen molar-refractivity contribution >= 4 is 56.3 Å². The first-order valence-electron chi connectivity index (χ1n) is 15.6. The van der Waals surface area contributed by atoms with Crippen LogP contribution in [0.15, 0.2) is 182 Å². The van der Waals surface area contributed by atoms with E-state index in [1.807, 2.05) is 12.1 Å². The normalized spacial score (nSPS) is 11.5. The Hall–Kier alpha value is -5.95. The second-order valence-corrected chi connectivity index (χ2v) is 15.4. The van der Waals surface area contributed by atoms with E-state index in [-0.39, 0.29) is 0 Å². The lowest BCUT2D eigenvalue weighted by Crippen LogP contribution is -2.75. The van der Waals surface area contributed by atoms with Gasteiger partial charge in [-0.05, 0) is 56.1 Å². The maximum Gasteiger partial charge on any atom is 0.187 e. The monoisotopic (exact) mass is 602 g/mol. The second kappa shape index (κ2) is 11.5. The highest BCUT2D eigenvalue weighted by Gasteiger charge is 2.42. The molecule has 0 radical (unpaired) electrons. The van der Waals surface area contributed by atoms with Gasteiger partial charge in [0.1, 0.15) is 0 Å². The van der Waals surface area contributed by atoms with Crippen molar-refractivity contribution in [2.24, 2.45) is 0 Å². The van der Waals surface area contributed by atoms with Crippen LogP contribution in [0, 0.1) is 6.57 Å². The van der Waals surface area contributed by atoms with Crippen LogP contribution in [0.4, 0.5) is 5.69 Å². The quantitative estimate of drug-likeness (QED) is 0.103. The summed E-state index contributed by atoms with van der Waals surface area (Å²) >= 11 is 0. The molecule has 0 unspecified atom stereocenters. The van der Waals surface area contributed by atoms with Crippen LogP contribution < -0.4 is 20.7 Å². The maximum absolute atomic E-state index is 7.62. The van der Waals surface area contributed by atoms with E-state index in [0.29, 0.717) is 5.69 Å². The molecule has 0 aliphatic rings. The number of hydrogen-bond acceptors (Lipinski definition) is 0. The van der Waals surface area contributed by atoms with Crippen LogP contribution in [0.3, 0.4) is 0 Å². The minimum absolute atomic E-state index is 0.653. The van der Waals surface area contributed by atoms with Crippen LogP contribution in [-0.2, 0) is 0 Å². The first-order chi connectivity index (χ1) is 22.8. The Bertz CT molecular complexity index is 2270. The van der Waals surface area contributed by atoms with E-state index < -0.39 is 8.07 Å². The number of nitrogens with zero attached hydrogens (tertiary/aromatic N) is 2. The van der Waals surface area contributed by atoms with E-state index in [4.69, 9.17) is 6.57 Å². The number of para-hydroxylation sites is 2. The summed E-state index contributed by atoms with van der Waals surface area (Å²) in [6, 6.07) is 65.5. The van der Waals surface area contributed by atoms with Gasteiger partial charge in [-0.25, -0.2) is 4.85 Å². The standard InChI is InChI=1S/C43H30N2Si/c1-44-33-27-29-37(30-28-33)46(35-17-4-2-5-18-35,36-19-6-3-7-20-36)43-26-13-10-21-38(43)32-15-14-16-34(31-32)45-41-24-11-8-22-39(41)40-23-9-12-25-42(40)45/h2-31H. The average Bonchev–Trinajstić information content (AvgIpc) is 3.48. The van der Waals surface area contributed by atoms with E-state index in [9.17, 15) is 0 Å². The third-order valence-corrected chi connectivity index (χ3v) is 14.0. The molecule has 0 aliphatic carbocycles. The fraction of sp³-hybridized carbons (Fsp3) is 0. The van der Waals surface area contributed by atoms with Gasteiger partial charge in [0.2, 0.25) is 0 Å². The van der Waals surface area contributed by atoms with Gasteiger partial charge < -0.3 is 4.57 Å². The summed E-state index contributed by atoms with van der Waals surface area (Å²) in [7, 11) is -2.84. The summed E-state index contributed by atoms with van der Waals surface area (Å²) < 4.78 is 2.39. The molecule has 0 spiro atoms. The van der Waals surface area contributed by atoms with Gasteiger partial charge in [0, 0.05) is 16.5 Å². The minimum atomic E-state index is -2.84. The van der Waals surface area contributed by atoms with Crippen LogP contribution in [0.25, 0.3) is 43.5 Å². The molecule has 0 N–H and O–H groups in total. The lowest BCUT2D eigenvalue weighted by molar-refractivity contribution is 1.18. The van der Waals surface area contributed by atoms with Crippen LogP contribution in [0.1, 0.15) is 0 Å². The summed E-state index contributed by atoms with van der Waals surface area (Å²) in [5, 5.41) is 7.70. The van der Waals surface area contributed by atoms with Crippen LogP contribution in [-0.4, -0.2) is 12.6 Å². The number of fused-ring (bicyclic) bond motifs is 3. The molecule has 46 heavy (non-hydrogen) atoms. The van der Waals surface area contributed by atoms with E-state index >= 15 is 0 Å². The summed E-state index contributed by atoms with van der Waals surface area (Å²) in [5.74, 6) is 0. The molecular weight excluding hydrogens is 573 g/mol. The molecule has 2 nitrogen and oxygen atoms in total. The first kappa shape index (κ1) is 27.6. The number of rotatable bonds is 6. The van der Waals surface area contributed by atoms with Crippen molar-refractivity contribution in [2.45, 2.75) is 0 Å². The summed E-state index contributed by atoms with van der Waals surface area (Å²) in [6.45, 7) is 7.62. The van der Waals surface area contributed by atoms with Crippen molar-refractivity contribution in [3.63, 3.8) is 0 Å². The molecule has 0 amide bonds. The van der Waals surface area contributed by atoms with Gasteiger partial charge >= 0.3 is 0 Å². The number of hydrogen-bond donors (Lipinski definition) is 0. The molecule has 1 heterocycles. The molecule has 8 rings (SSSR count). The highest BCUT2D eigenvalue weighted by Crippen LogP contribution is 2.33. The molecule has 0 aliphatic heterocycles. The summed E-state index contributed by atoms with van der Waals surface area (Å²) in [4.78, 5) is 3.72. The Morgan fingerprint density at radius 2 is 0.978 bits per heavy atom. The first-order valence-corrected chi connectivity index (χ1v) is 17.6. The fourth-order valence-electron chi connectivity index (χ4n) is 7.20. The Morgan fingerprint density at radius 1 is 0.457 bits per heavy atom. The van der Waals surface area contributed by atoms with Crippen LogP contribution >= 0.6 is 0 Å². The number of aromatic nitrogens is 1. The molecular formula is C43H30N2Si. The van der Waals surface area contributed by atoms with Gasteiger partial charge in [0.05, 0.1) is 17.6 Å². The van der Waals surface area contributed by atoms with Gasteiger partial charge in [-0.2, -0.15) is 0 Å². The smallest absolute Gasteiger partial charge is 0.187 e. The van der Waals surface area contributed by atoms with Crippen molar-refractivity contribution in [1.29, 1.82) is 0 Å². The summed E-state index contributed by atoms with van der Waals surface area (Å²) in [5.41, 5.74) is 6.59. The topological polar surface area (TPSA) is 9.29 Å². The molecule has 0 bridgehead atoms. The van der Waals surface area contributed by atoms with Crippen molar-refractivity contribution in [2.75, 3.05) is 0 Å². The minimum Gasteiger partial charge on any atom is -0.309 e.